The van der Waals surface area contributed by atoms with E-state index < -0.39 is 11.5 Å². The normalized spacial score (nSPS) is 26.4. The number of ether oxygens (including phenoxy) is 2. The maximum atomic E-state index is 11.7. The first kappa shape index (κ1) is 12.9. The van der Waals surface area contributed by atoms with Crippen molar-refractivity contribution < 1.29 is 24.2 Å². The Bertz CT molecular complexity index is 272. The summed E-state index contributed by atoms with van der Waals surface area (Å²) < 4.78 is 9.88. The van der Waals surface area contributed by atoms with Gasteiger partial charge in [-0.25, -0.2) is 4.79 Å². The molecule has 2 N–H and O–H groups in total. The van der Waals surface area contributed by atoms with Gasteiger partial charge in [-0.3, -0.25) is 4.79 Å². The highest BCUT2D eigenvalue weighted by atomic mass is 16.5. The van der Waals surface area contributed by atoms with Gasteiger partial charge < -0.3 is 19.9 Å². The van der Waals surface area contributed by atoms with Crippen molar-refractivity contribution in [2.24, 2.45) is 5.92 Å². The lowest BCUT2D eigenvalue weighted by molar-refractivity contribution is -0.148. The number of amides is 1. The van der Waals surface area contributed by atoms with Gasteiger partial charge in [0.15, 0.2) is 5.54 Å². The minimum atomic E-state index is -1.26. The van der Waals surface area contributed by atoms with E-state index in [9.17, 15) is 9.59 Å². The van der Waals surface area contributed by atoms with Crippen LogP contribution in [0.4, 0.5) is 0 Å². The Hall–Kier alpha value is -1.14. The second kappa shape index (κ2) is 5.27. The summed E-state index contributed by atoms with van der Waals surface area (Å²) in [5.74, 6) is -1.75. The minimum absolute atomic E-state index is 0.0216. The smallest absolute Gasteiger partial charge is 0.331 e. The van der Waals surface area contributed by atoms with Gasteiger partial charge in [0, 0.05) is 20.1 Å². The molecule has 0 aromatic heterocycles. The Morgan fingerprint density at radius 3 is 2.75 bits per heavy atom. The summed E-state index contributed by atoms with van der Waals surface area (Å²) in [6, 6.07) is 0. The van der Waals surface area contributed by atoms with Crippen LogP contribution in [0, 0.1) is 5.92 Å². The number of carboxylic acid groups (broad SMARTS) is 1. The first-order valence-corrected chi connectivity index (χ1v) is 5.14. The van der Waals surface area contributed by atoms with Crippen molar-refractivity contribution in [2.45, 2.75) is 18.9 Å². The molecule has 1 amide bonds. The van der Waals surface area contributed by atoms with E-state index in [0.29, 0.717) is 13.0 Å². The molecule has 0 aromatic carbocycles. The highest BCUT2D eigenvalue weighted by Crippen LogP contribution is 2.19. The van der Waals surface area contributed by atoms with E-state index in [0.717, 1.165) is 0 Å². The highest BCUT2D eigenvalue weighted by molar-refractivity contribution is 5.88. The zero-order valence-corrected chi connectivity index (χ0v) is 9.49. The van der Waals surface area contributed by atoms with Crippen LogP contribution in [0.3, 0.4) is 0 Å². The molecule has 1 aliphatic rings. The van der Waals surface area contributed by atoms with E-state index in [1.54, 1.807) is 6.92 Å². The number of carboxylic acids is 1. The summed E-state index contributed by atoms with van der Waals surface area (Å²) in [6.45, 7) is 2.32. The van der Waals surface area contributed by atoms with Crippen LogP contribution in [0.5, 0.6) is 0 Å². The van der Waals surface area contributed by atoms with Crippen LogP contribution in [0.25, 0.3) is 0 Å². The third kappa shape index (κ3) is 2.70. The van der Waals surface area contributed by atoms with E-state index in [1.807, 2.05) is 0 Å². The standard InChI is InChI=1S/C10H17NO5/c1-7(5-15-2)8(12)11-10(9(13)14)3-4-16-6-10/h7H,3-6H2,1-2H3,(H,11,12)(H,13,14). The van der Waals surface area contributed by atoms with E-state index in [2.05, 4.69) is 5.32 Å². The zero-order chi connectivity index (χ0) is 12.2. The number of methoxy groups -OCH3 is 1. The van der Waals surface area contributed by atoms with Gasteiger partial charge in [-0.2, -0.15) is 0 Å². The second-order valence-corrected chi connectivity index (χ2v) is 4.04. The monoisotopic (exact) mass is 231 g/mol. The minimum Gasteiger partial charge on any atom is -0.479 e. The largest absolute Gasteiger partial charge is 0.479 e. The maximum absolute atomic E-state index is 11.7. The molecule has 0 aromatic rings. The Labute approximate surface area is 93.9 Å². The third-order valence-electron chi connectivity index (χ3n) is 2.66. The van der Waals surface area contributed by atoms with Gasteiger partial charge in [-0.1, -0.05) is 6.92 Å². The van der Waals surface area contributed by atoms with Crippen molar-refractivity contribution in [1.82, 2.24) is 5.32 Å². The maximum Gasteiger partial charge on any atom is 0.331 e. The van der Waals surface area contributed by atoms with Crippen molar-refractivity contribution in [3.8, 4) is 0 Å². The van der Waals surface area contributed by atoms with Gasteiger partial charge in [-0.15, -0.1) is 0 Å². The predicted octanol–water partition coefficient (Wildman–Crippen LogP) is -0.371. The molecule has 1 fully saturated rings. The zero-order valence-electron chi connectivity index (χ0n) is 9.49. The molecule has 16 heavy (non-hydrogen) atoms. The molecule has 0 bridgehead atoms. The Morgan fingerprint density at radius 2 is 2.31 bits per heavy atom. The molecule has 6 nitrogen and oxygen atoms in total. The van der Waals surface area contributed by atoms with Crippen LogP contribution in [0.2, 0.25) is 0 Å². The lowest BCUT2D eigenvalue weighted by atomic mass is 9.98. The summed E-state index contributed by atoms with van der Waals surface area (Å²) in [4.78, 5) is 22.8. The lowest BCUT2D eigenvalue weighted by Gasteiger charge is -2.25. The molecule has 6 heteroatoms. The quantitative estimate of drug-likeness (QED) is 0.674. The van der Waals surface area contributed by atoms with Crippen LogP contribution in [-0.4, -0.2) is 49.5 Å². The Kier molecular flexibility index (Phi) is 4.26. The topological polar surface area (TPSA) is 84.9 Å². The first-order valence-electron chi connectivity index (χ1n) is 5.14. The predicted molar refractivity (Wildman–Crippen MR) is 55.0 cm³/mol. The van der Waals surface area contributed by atoms with Gasteiger partial charge in [0.1, 0.15) is 0 Å². The van der Waals surface area contributed by atoms with Crippen LogP contribution in [-0.2, 0) is 19.1 Å². The molecular weight excluding hydrogens is 214 g/mol. The van der Waals surface area contributed by atoms with Crippen LogP contribution in [0.1, 0.15) is 13.3 Å². The van der Waals surface area contributed by atoms with E-state index in [4.69, 9.17) is 14.6 Å². The lowest BCUT2D eigenvalue weighted by Crippen LogP contribution is -2.56. The molecule has 92 valence electrons. The molecule has 1 heterocycles. The SMILES string of the molecule is COCC(C)C(=O)NC1(C(=O)O)CCOC1. The number of carbonyl (C=O) groups excluding carboxylic acids is 1. The average Bonchev–Trinajstić information content (AvgIpc) is 2.68. The summed E-state index contributed by atoms with van der Waals surface area (Å²) in [7, 11) is 1.50. The molecule has 0 aliphatic carbocycles. The van der Waals surface area contributed by atoms with Gasteiger partial charge in [0.25, 0.3) is 0 Å². The average molecular weight is 231 g/mol. The molecule has 0 radical (unpaired) electrons. The van der Waals surface area contributed by atoms with Crippen LogP contribution >= 0.6 is 0 Å². The second-order valence-electron chi connectivity index (χ2n) is 4.04. The van der Waals surface area contributed by atoms with Crippen molar-refractivity contribution in [3.63, 3.8) is 0 Å². The summed E-state index contributed by atoms with van der Waals surface area (Å²) >= 11 is 0. The number of rotatable bonds is 5. The van der Waals surface area contributed by atoms with Crippen molar-refractivity contribution in [2.75, 3.05) is 26.9 Å². The summed E-state index contributed by atoms with van der Waals surface area (Å²) in [6.07, 6.45) is 0.299. The fraction of sp³-hybridized carbons (Fsp3) is 0.800. The summed E-state index contributed by atoms with van der Waals surface area (Å²) in [5.41, 5.74) is -1.26. The first-order chi connectivity index (χ1) is 7.52. The summed E-state index contributed by atoms with van der Waals surface area (Å²) in [5, 5.41) is 11.6. The van der Waals surface area contributed by atoms with Crippen LogP contribution in [0.15, 0.2) is 0 Å². The fourth-order valence-electron chi connectivity index (χ4n) is 1.57. The van der Waals surface area contributed by atoms with Gasteiger partial charge in [-0.05, 0) is 0 Å². The Balaban J connectivity index is 2.62. The molecule has 0 spiro atoms. The van der Waals surface area contributed by atoms with Crippen molar-refractivity contribution >= 4 is 11.9 Å². The molecular formula is C10H17NO5. The van der Waals surface area contributed by atoms with E-state index in [-0.39, 0.29) is 25.0 Å². The molecule has 2 unspecified atom stereocenters. The molecule has 1 aliphatic heterocycles. The van der Waals surface area contributed by atoms with Crippen molar-refractivity contribution in [3.05, 3.63) is 0 Å². The third-order valence-corrected chi connectivity index (χ3v) is 2.66. The Morgan fingerprint density at radius 1 is 1.62 bits per heavy atom. The molecule has 1 saturated heterocycles. The van der Waals surface area contributed by atoms with Gasteiger partial charge in [0.05, 0.1) is 19.1 Å². The number of aliphatic carboxylic acids is 1. The van der Waals surface area contributed by atoms with Crippen molar-refractivity contribution in [1.29, 1.82) is 0 Å². The number of carbonyl (C=O) groups is 2. The van der Waals surface area contributed by atoms with E-state index in [1.165, 1.54) is 7.11 Å². The fourth-order valence-corrected chi connectivity index (χ4v) is 1.57. The van der Waals surface area contributed by atoms with Gasteiger partial charge in [0.2, 0.25) is 5.91 Å². The highest BCUT2D eigenvalue weighted by Gasteiger charge is 2.44. The molecule has 1 rings (SSSR count). The molecule has 0 saturated carbocycles. The number of hydrogen-bond donors (Lipinski definition) is 2. The van der Waals surface area contributed by atoms with E-state index >= 15 is 0 Å². The van der Waals surface area contributed by atoms with Crippen LogP contribution < -0.4 is 5.32 Å². The number of nitrogens with one attached hydrogen (secondary N) is 1. The van der Waals surface area contributed by atoms with Gasteiger partial charge >= 0.3 is 5.97 Å². The molecule has 2 atom stereocenters. The number of hydrogen-bond acceptors (Lipinski definition) is 4.